The highest BCUT2D eigenvalue weighted by Gasteiger charge is 2.41. The molecule has 1 atom stereocenters. The maximum Gasteiger partial charge on any atom is 0.329 e. The second-order valence-corrected chi connectivity index (χ2v) is 8.57. The summed E-state index contributed by atoms with van der Waals surface area (Å²) in [5, 5.41) is 8.67. The van der Waals surface area contributed by atoms with Crippen LogP contribution in [0, 0.1) is 11.3 Å². The van der Waals surface area contributed by atoms with Crippen molar-refractivity contribution in [2.45, 2.75) is 26.5 Å². The summed E-state index contributed by atoms with van der Waals surface area (Å²) in [6.07, 6.45) is 1.59. The Morgan fingerprint density at radius 2 is 2.03 bits per heavy atom. The fourth-order valence-electron chi connectivity index (χ4n) is 2.97. The lowest BCUT2D eigenvalue weighted by Crippen LogP contribution is -2.42. The van der Waals surface area contributed by atoms with Crippen LogP contribution in [-0.4, -0.2) is 34.7 Å². The lowest BCUT2D eigenvalue weighted by molar-refractivity contribution is -0.150. The smallest absolute Gasteiger partial charge is 0.329 e. The van der Waals surface area contributed by atoms with Gasteiger partial charge in [0.15, 0.2) is 0 Å². The van der Waals surface area contributed by atoms with Crippen LogP contribution in [0.4, 0.5) is 4.79 Å². The number of imide groups is 1. The van der Waals surface area contributed by atoms with Crippen molar-refractivity contribution >= 4 is 50.9 Å². The molecule has 0 saturated carbocycles. The second kappa shape index (κ2) is 10.5. The Labute approximate surface area is 198 Å². The fraction of sp³-hybridized carbons (Fsp3) is 0.217. The van der Waals surface area contributed by atoms with Gasteiger partial charge >= 0.3 is 5.97 Å². The van der Waals surface area contributed by atoms with Crippen molar-refractivity contribution in [1.82, 2.24) is 4.90 Å². The molecule has 0 unspecified atom stereocenters. The molecule has 0 aliphatic carbocycles. The molecule has 1 saturated heterocycles. The molecule has 0 radical (unpaired) electrons. The van der Waals surface area contributed by atoms with Crippen molar-refractivity contribution in [2.75, 3.05) is 6.61 Å². The van der Waals surface area contributed by atoms with E-state index in [9.17, 15) is 19.6 Å². The molecule has 9 heteroatoms. The van der Waals surface area contributed by atoms with Crippen LogP contribution in [0.25, 0.3) is 6.08 Å². The minimum absolute atomic E-state index is 0.166. The summed E-state index contributed by atoms with van der Waals surface area (Å²) in [5.41, 5.74) is 2.00. The Bertz CT molecular complexity index is 1140. The highest BCUT2D eigenvalue weighted by molar-refractivity contribution is 9.10. The lowest BCUT2D eigenvalue weighted by Gasteiger charge is -2.19. The van der Waals surface area contributed by atoms with Gasteiger partial charge in [0.2, 0.25) is 0 Å². The molecule has 1 fully saturated rings. The van der Waals surface area contributed by atoms with E-state index in [0.29, 0.717) is 21.3 Å². The summed E-state index contributed by atoms with van der Waals surface area (Å²) in [4.78, 5) is 38.0. The Balaban J connectivity index is 1.73. The minimum Gasteiger partial charge on any atom is -0.488 e. The van der Waals surface area contributed by atoms with Gasteiger partial charge in [0, 0.05) is 5.56 Å². The third-order valence-corrected chi connectivity index (χ3v) is 6.12. The minimum atomic E-state index is -0.993. The molecule has 0 bridgehead atoms. The standard InChI is InChI=1S/C23H19BrN2O5S/c1-3-30-22(28)14(2)26-21(27)20(32-23(26)29)11-15-8-9-19(18(24)10-15)31-13-17-7-5-4-6-16(17)12-25/h4-11,14H,3,13H2,1-2H3/b20-11+/t14-/m1/s1. The van der Waals surface area contributed by atoms with Crippen molar-refractivity contribution in [3.05, 3.63) is 68.5 Å². The van der Waals surface area contributed by atoms with Gasteiger partial charge in [-0.05, 0) is 71.4 Å². The van der Waals surface area contributed by atoms with Crippen LogP contribution in [0.1, 0.15) is 30.5 Å². The molecule has 0 N–H and O–H groups in total. The number of hydrogen-bond donors (Lipinski definition) is 0. The predicted octanol–water partition coefficient (Wildman–Crippen LogP) is 4.89. The number of ether oxygens (including phenoxy) is 2. The van der Waals surface area contributed by atoms with Crippen LogP contribution in [-0.2, 0) is 20.9 Å². The average Bonchev–Trinajstić information content (AvgIpc) is 3.05. The van der Waals surface area contributed by atoms with Crippen molar-refractivity contribution < 1.29 is 23.9 Å². The summed E-state index contributed by atoms with van der Waals surface area (Å²) in [6, 6.07) is 13.6. The Morgan fingerprint density at radius 3 is 2.72 bits per heavy atom. The van der Waals surface area contributed by atoms with Gasteiger partial charge < -0.3 is 9.47 Å². The average molecular weight is 515 g/mol. The van der Waals surface area contributed by atoms with Gasteiger partial charge in [-0.25, -0.2) is 4.79 Å². The maximum atomic E-state index is 12.7. The summed E-state index contributed by atoms with van der Waals surface area (Å²) in [7, 11) is 0. The van der Waals surface area contributed by atoms with Gasteiger partial charge in [-0.1, -0.05) is 24.3 Å². The van der Waals surface area contributed by atoms with Gasteiger partial charge in [0.1, 0.15) is 18.4 Å². The van der Waals surface area contributed by atoms with E-state index < -0.39 is 23.2 Å². The van der Waals surface area contributed by atoms with Gasteiger partial charge in [-0.15, -0.1) is 0 Å². The summed E-state index contributed by atoms with van der Waals surface area (Å²) in [6.45, 7) is 3.52. The van der Waals surface area contributed by atoms with E-state index >= 15 is 0 Å². The zero-order valence-corrected chi connectivity index (χ0v) is 19.7. The molecule has 1 heterocycles. The fourth-order valence-corrected chi connectivity index (χ4v) is 4.39. The van der Waals surface area contributed by atoms with E-state index in [0.717, 1.165) is 22.2 Å². The van der Waals surface area contributed by atoms with E-state index in [1.165, 1.54) is 6.92 Å². The van der Waals surface area contributed by atoms with E-state index in [-0.39, 0.29) is 18.1 Å². The molecule has 3 rings (SSSR count). The molecule has 2 amide bonds. The number of amides is 2. The number of nitriles is 1. The Kier molecular flexibility index (Phi) is 7.72. The molecule has 7 nitrogen and oxygen atoms in total. The highest BCUT2D eigenvalue weighted by atomic mass is 79.9. The first-order chi connectivity index (χ1) is 15.3. The van der Waals surface area contributed by atoms with E-state index in [1.807, 2.05) is 12.1 Å². The third kappa shape index (κ3) is 5.21. The second-order valence-electron chi connectivity index (χ2n) is 6.73. The highest BCUT2D eigenvalue weighted by Crippen LogP contribution is 2.35. The van der Waals surface area contributed by atoms with Crippen LogP contribution in [0.15, 0.2) is 51.8 Å². The number of esters is 1. The SMILES string of the molecule is CCOC(=O)[C@@H](C)N1C(=O)S/C(=C/c2ccc(OCc3ccccc3C#N)c(Br)c2)C1=O. The topological polar surface area (TPSA) is 96.7 Å². The quantitative estimate of drug-likeness (QED) is 0.383. The molecule has 164 valence electrons. The molecule has 2 aromatic rings. The van der Waals surface area contributed by atoms with Crippen LogP contribution in [0.3, 0.4) is 0 Å². The van der Waals surface area contributed by atoms with Crippen LogP contribution in [0.5, 0.6) is 5.75 Å². The van der Waals surface area contributed by atoms with E-state index in [2.05, 4.69) is 22.0 Å². The van der Waals surface area contributed by atoms with E-state index in [1.54, 1.807) is 43.3 Å². The van der Waals surface area contributed by atoms with Gasteiger partial charge in [-0.2, -0.15) is 5.26 Å². The number of benzene rings is 2. The van der Waals surface area contributed by atoms with Crippen molar-refractivity contribution in [3.8, 4) is 11.8 Å². The molecule has 0 aromatic heterocycles. The maximum absolute atomic E-state index is 12.7. The van der Waals surface area contributed by atoms with Gasteiger partial charge in [0.25, 0.3) is 11.1 Å². The van der Waals surface area contributed by atoms with Crippen molar-refractivity contribution in [2.24, 2.45) is 0 Å². The zero-order chi connectivity index (χ0) is 23.3. The van der Waals surface area contributed by atoms with Gasteiger partial charge in [-0.3, -0.25) is 14.5 Å². The van der Waals surface area contributed by atoms with Crippen LogP contribution in [0.2, 0.25) is 0 Å². The van der Waals surface area contributed by atoms with Crippen LogP contribution < -0.4 is 4.74 Å². The first-order valence-electron chi connectivity index (χ1n) is 9.69. The van der Waals surface area contributed by atoms with Gasteiger partial charge in [0.05, 0.1) is 27.6 Å². The van der Waals surface area contributed by atoms with Crippen molar-refractivity contribution in [3.63, 3.8) is 0 Å². The monoisotopic (exact) mass is 514 g/mol. The summed E-state index contributed by atoms with van der Waals surface area (Å²) < 4.78 is 11.4. The normalized spacial score (nSPS) is 15.6. The van der Waals surface area contributed by atoms with E-state index in [4.69, 9.17) is 9.47 Å². The Morgan fingerprint density at radius 1 is 1.28 bits per heavy atom. The number of carbonyl (C=O) groups excluding carboxylic acids is 3. The van der Waals surface area contributed by atoms with Crippen molar-refractivity contribution in [1.29, 1.82) is 5.26 Å². The Hall–Kier alpha value is -3.09. The molecule has 0 spiro atoms. The molecule has 2 aromatic carbocycles. The largest absolute Gasteiger partial charge is 0.488 e. The summed E-state index contributed by atoms with van der Waals surface area (Å²) in [5.74, 6) is -0.595. The predicted molar refractivity (Wildman–Crippen MR) is 124 cm³/mol. The molecular weight excluding hydrogens is 496 g/mol. The third-order valence-electron chi connectivity index (χ3n) is 4.61. The zero-order valence-electron chi connectivity index (χ0n) is 17.3. The number of hydrogen-bond acceptors (Lipinski definition) is 7. The lowest BCUT2D eigenvalue weighted by atomic mass is 10.1. The molecule has 1 aliphatic heterocycles. The molecule has 1 aliphatic rings. The van der Waals surface area contributed by atoms with Crippen LogP contribution >= 0.6 is 27.7 Å². The molecule has 32 heavy (non-hydrogen) atoms. The number of carbonyl (C=O) groups is 3. The number of nitrogens with zero attached hydrogens (tertiary/aromatic N) is 2. The number of thioether (sulfide) groups is 1. The summed E-state index contributed by atoms with van der Waals surface area (Å²) >= 11 is 4.23. The first kappa shape index (κ1) is 23.6. The molecular formula is C23H19BrN2O5S. The first-order valence-corrected chi connectivity index (χ1v) is 11.3. The number of rotatable bonds is 7. The number of halogens is 1.